The van der Waals surface area contributed by atoms with Crippen molar-refractivity contribution >= 4 is 23.5 Å². The van der Waals surface area contributed by atoms with E-state index in [1.54, 1.807) is 20.8 Å². The number of carbonyl (C=O) groups is 2. The molecule has 4 nitrogen and oxygen atoms in total. The molecule has 0 atom stereocenters. The molecule has 0 unspecified atom stereocenters. The largest absolute Gasteiger partial charge is 0.444 e. The molecule has 0 fully saturated rings. The van der Waals surface area contributed by atoms with Crippen molar-refractivity contribution < 1.29 is 14.3 Å². The number of halogens is 1. The van der Waals surface area contributed by atoms with Gasteiger partial charge in [0.2, 0.25) is 0 Å². The Bertz CT molecular complexity index is 248. The number of hydrogen-bond acceptors (Lipinski definition) is 3. The second-order valence-electron chi connectivity index (χ2n) is 4.57. The van der Waals surface area contributed by atoms with Crippen LogP contribution in [0.15, 0.2) is 0 Å². The molecule has 0 heterocycles. The molecule has 1 amide bonds. The van der Waals surface area contributed by atoms with Crippen LogP contribution in [0.4, 0.5) is 4.79 Å². The Balaban J connectivity index is 4.40. The Morgan fingerprint density at radius 2 is 1.88 bits per heavy atom. The Morgan fingerprint density at radius 1 is 1.31 bits per heavy atom. The number of Topliss-reactive ketones (excluding diaryl/α,β-unsaturated/α-hetero) is 1. The molecule has 5 heteroatoms. The molecule has 0 saturated heterocycles. The highest BCUT2D eigenvalue weighted by Gasteiger charge is 2.22. The van der Waals surface area contributed by atoms with E-state index in [1.165, 1.54) is 4.90 Å². The molecule has 0 aromatic rings. The van der Waals surface area contributed by atoms with Gasteiger partial charge >= 0.3 is 6.09 Å². The maximum Gasteiger partial charge on any atom is 0.410 e. The lowest BCUT2D eigenvalue weighted by Crippen LogP contribution is -2.40. The van der Waals surface area contributed by atoms with Crippen LogP contribution in [0.5, 0.6) is 0 Å². The van der Waals surface area contributed by atoms with E-state index in [-0.39, 0.29) is 18.2 Å². The Kier molecular flexibility index (Phi) is 6.41. The molecule has 0 aliphatic heterocycles. The standard InChI is InChI=1S/C11H20ClNO3/c1-5-6-13(8-9(14)7-12)10(15)16-11(2,3)4/h5-8H2,1-4H3. The maximum atomic E-state index is 11.7. The van der Waals surface area contributed by atoms with Gasteiger partial charge in [-0.05, 0) is 27.2 Å². The number of hydrogen-bond donors (Lipinski definition) is 0. The minimum Gasteiger partial charge on any atom is -0.444 e. The minimum atomic E-state index is -0.549. The fraction of sp³-hybridized carbons (Fsp3) is 0.818. The van der Waals surface area contributed by atoms with Crippen molar-refractivity contribution in [1.29, 1.82) is 0 Å². The fourth-order valence-corrected chi connectivity index (χ4v) is 1.17. The Hall–Kier alpha value is -0.770. The molecule has 16 heavy (non-hydrogen) atoms. The first-order valence-corrected chi connectivity index (χ1v) is 5.89. The SMILES string of the molecule is CCCN(CC(=O)CCl)C(=O)OC(C)(C)C. The van der Waals surface area contributed by atoms with Crippen LogP contribution >= 0.6 is 11.6 Å². The lowest BCUT2D eigenvalue weighted by atomic mass is 10.2. The summed E-state index contributed by atoms with van der Waals surface area (Å²) in [5.74, 6) is -0.260. The highest BCUT2D eigenvalue weighted by atomic mass is 35.5. The van der Waals surface area contributed by atoms with E-state index in [9.17, 15) is 9.59 Å². The summed E-state index contributed by atoms with van der Waals surface area (Å²) in [5, 5.41) is 0. The molecule has 94 valence electrons. The van der Waals surface area contributed by atoms with Gasteiger partial charge in [-0.25, -0.2) is 4.79 Å². The van der Waals surface area contributed by atoms with Crippen LogP contribution in [-0.2, 0) is 9.53 Å². The van der Waals surface area contributed by atoms with E-state index < -0.39 is 11.7 Å². The van der Waals surface area contributed by atoms with Gasteiger partial charge in [0, 0.05) is 6.54 Å². The summed E-state index contributed by atoms with van der Waals surface area (Å²) in [4.78, 5) is 24.3. The van der Waals surface area contributed by atoms with Crippen molar-refractivity contribution in [2.24, 2.45) is 0 Å². The van der Waals surface area contributed by atoms with Crippen molar-refractivity contribution in [2.75, 3.05) is 19.0 Å². The second kappa shape index (κ2) is 6.74. The third-order valence-corrected chi connectivity index (χ3v) is 1.96. The quantitative estimate of drug-likeness (QED) is 0.703. The number of ketones is 1. The van der Waals surface area contributed by atoms with Crippen LogP contribution in [-0.4, -0.2) is 41.3 Å². The topological polar surface area (TPSA) is 46.6 Å². The number of amides is 1. The first-order valence-electron chi connectivity index (χ1n) is 5.35. The Labute approximate surface area is 102 Å². The average molecular weight is 250 g/mol. The lowest BCUT2D eigenvalue weighted by Gasteiger charge is -2.26. The number of ether oxygens (including phenoxy) is 1. The predicted octanol–water partition coefficient (Wildman–Crippen LogP) is 2.44. The van der Waals surface area contributed by atoms with Gasteiger partial charge in [0.15, 0.2) is 5.78 Å². The third-order valence-electron chi connectivity index (χ3n) is 1.66. The molecule has 0 saturated carbocycles. The number of alkyl halides is 1. The first kappa shape index (κ1) is 15.2. The van der Waals surface area contributed by atoms with Crippen LogP contribution in [0.2, 0.25) is 0 Å². The van der Waals surface area contributed by atoms with E-state index in [2.05, 4.69) is 0 Å². The molecule has 0 bridgehead atoms. The van der Waals surface area contributed by atoms with Crippen LogP contribution in [0, 0.1) is 0 Å². The highest BCUT2D eigenvalue weighted by molar-refractivity contribution is 6.28. The van der Waals surface area contributed by atoms with Gasteiger partial charge in [-0.15, -0.1) is 11.6 Å². The van der Waals surface area contributed by atoms with E-state index in [4.69, 9.17) is 16.3 Å². The van der Waals surface area contributed by atoms with E-state index in [0.29, 0.717) is 6.54 Å². The minimum absolute atomic E-state index is 0.0201. The van der Waals surface area contributed by atoms with Crippen molar-refractivity contribution in [3.8, 4) is 0 Å². The van der Waals surface area contributed by atoms with Crippen LogP contribution in [0.3, 0.4) is 0 Å². The van der Waals surface area contributed by atoms with Gasteiger partial charge in [0.05, 0.1) is 12.4 Å². The zero-order valence-corrected chi connectivity index (χ0v) is 11.1. The van der Waals surface area contributed by atoms with Gasteiger partial charge in [-0.1, -0.05) is 6.92 Å². The molecule has 0 aliphatic rings. The zero-order valence-electron chi connectivity index (χ0n) is 10.4. The molecule has 0 aliphatic carbocycles. The lowest BCUT2D eigenvalue weighted by molar-refractivity contribution is -0.117. The zero-order chi connectivity index (χ0) is 12.8. The molecular formula is C11H20ClNO3. The van der Waals surface area contributed by atoms with E-state index >= 15 is 0 Å². The summed E-state index contributed by atoms with van der Waals surface area (Å²) in [7, 11) is 0. The molecule has 0 spiro atoms. The van der Waals surface area contributed by atoms with Crippen LogP contribution in [0.25, 0.3) is 0 Å². The third kappa shape index (κ3) is 6.67. The summed E-state index contributed by atoms with van der Waals surface area (Å²) in [5.41, 5.74) is -0.549. The predicted molar refractivity (Wildman–Crippen MR) is 63.8 cm³/mol. The monoisotopic (exact) mass is 249 g/mol. The van der Waals surface area contributed by atoms with Crippen molar-refractivity contribution in [1.82, 2.24) is 4.90 Å². The average Bonchev–Trinajstić information content (AvgIpc) is 2.14. The van der Waals surface area contributed by atoms with Gasteiger partial charge in [0.25, 0.3) is 0 Å². The molecule has 0 aromatic heterocycles. The van der Waals surface area contributed by atoms with Crippen LogP contribution in [0.1, 0.15) is 34.1 Å². The van der Waals surface area contributed by atoms with E-state index in [0.717, 1.165) is 6.42 Å². The molecule has 0 N–H and O–H groups in total. The van der Waals surface area contributed by atoms with Crippen molar-refractivity contribution in [2.45, 2.75) is 39.7 Å². The molecule has 0 rings (SSSR count). The Morgan fingerprint density at radius 3 is 2.25 bits per heavy atom. The van der Waals surface area contributed by atoms with Gasteiger partial charge in [0.1, 0.15) is 5.60 Å². The van der Waals surface area contributed by atoms with Crippen LogP contribution < -0.4 is 0 Å². The summed E-state index contributed by atoms with van der Waals surface area (Å²) in [6.07, 6.45) is 0.308. The number of carbonyl (C=O) groups excluding carboxylic acids is 2. The van der Waals surface area contributed by atoms with E-state index in [1.807, 2.05) is 6.92 Å². The van der Waals surface area contributed by atoms with Crippen molar-refractivity contribution in [3.05, 3.63) is 0 Å². The smallest absolute Gasteiger partial charge is 0.410 e. The molecule has 0 aromatic carbocycles. The summed E-state index contributed by atoms with van der Waals surface area (Å²) in [6.45, 7) is 7.82. The normalized spacial score (nSPS) is 11.1. The van der Waals surface area contributed by atoms with Gasteiger partial charge in [-0.3, -0.25) is 4.79 Å². The summed E-state index contributed by atoms with van der Waals surface area (Å²) >= 11 is 5.41. The summed E-state index contributed by atoms with van der Waals surface area (Å²) < 4.78 is 5.19. The highest BCUT2D eigenvalue weighted by Crippen LogP contribution is 2.10. The first-order chi connectivity index (χ1) is 7.30. The van der Waals surface area contributed by atoms with Crippen molar-refractivity contribution in [3.63, 3.8) is 0 Å². The fourth-order valence-electron chi connectivity index (χ4n) is 1.09. The maximum absolute atomic E-state index is 11.7. The second-order valence-corrected chi connectivity index (χ2v) is 4.84. The molecular weight excluding hydrogens is 230 g/mol. The summed E-state index contributed by atoms with van der Waals surface area (Å²) in [6, 6.07) is 0. The van der Waals surface area contributed by atoms with Gasteiger partial charge < -0.3 is 9.64 Å². The van der Waals surface area contributed by atoms with Gasteiger partial charge in [-0.2, -0.15) is 0 Å². The number of nitrogens with zero attached hydrogens (tertiary/aromatic N) is 1. The molecule has 0 radical (unpaired) electrons. The number of rotatable bonds is 5.